The van der Waals surface area contributed by atoms with Crippen LogP contribution in [0.25, 0.3) is 6.08 Å². The van der Waals surface area contributed by atoms with Gasteiger partial charge in [-0.3, -0.25) is 0 Å². The third-order valence-electron chi connectivity index (χ3n) is 3.43. The lowest BCUT2D eigenvalue weighted by molar-refractivity contribution is -0.290. The predicted octanol–water partition coefficient (Wildman–Crippen LogP) is 4.58. The van der Waals surface area contributed by atoms with E-state index in [-0.39, 0.29) is 17.1 Å². The first-order chi connectivity index (χ1) is 13.5. The van der Waals surface area contributed by atoms with Crippen LogP contribution < -0.4 is 9.47 Å². The summed E-state index contributed by atoms with van der Waals surface area (Å²) in [5, 5.41) is 8.55. The van der Waals surface area contributed by atoms with Crippen LogP contribution in [0.15, 0.2) is 54.6 Å². The minimum absolute atomic E-state index is 0.00906. The molecule has 10 heteroatoms. The second kappa shape index (κ2) is 8.72. The molecule has 0 bridgehead atoms. The van der Waals surface area contributed by atoms with Crippen molar-refractivity contribution in [1.29, 1.82) is 0 Å². The van der Waals surface area contributed by atoms with Crippen molar-refractivity contribution in [1.82, 2.24) is 0 Å². The fraction of sp³-hybridized carbons (Fsp3) is 0.158. The Balaban J connectivity index is 1.96. The average Bonchev–Trinajstić information content (AvgIpc) is 2.65. The quantitative estimate of drug-likeness (QED) is 0.310. The Bertz CT molecular complexity index is 887. The standard InChI is InChI=1S/C19H13F5O5/c20-18(21,19(22,23)24)11-28-14-8-4-13(5-9-14)17(27)29-15-6-1-12(2-7-15)3-10-16(25)26/h1-10H,11H2,(H,25,26). The predicted molar refractivity (Wildman–Crippen MR) is 91.0 cm³/mol. The van der Waals surface area contributed by atoms with Gasteiger partial charge in [-0.1, -0.05) is 12.1 Å². The highest BCUT2D eigenvalue weighted by atomic mass is 19.4. The maximum atomic E-state index is 12.8. The first-order valence-corrected chi connectivity index (χ1v) is 7.88. The van der Waals surface area contributed by atoms with Crippen molar-refractivity contribution in [2.24, 2.45) is 0 Å². The number of benzene rings is 2. The average molecular weight is 416 g/mol. The summed E-state index contributed by atoms with van der Waals surface area (Å²) < 4.78 is 71.5. The summed E-state index contributed by atoms with van der Waals surface area (Å²) >= 11 is 0. The monoisotopic (exact) mass is 416 g/mol. The normalized spacial score (nSPS) is 12.0. The number of hydrogen-bond acceptors (Lipinski definition) is 4. The molecule has 1 N–H and O–H groups in total. The molecule has 0 radical (unpaired) electrons. The third kappa shape index (κ3) is 6.30. The van der Waals surface area contributed by atoms with Crippen LogP contribution in [-0.2, 0) is 4.79 Å². The molecule has 0 amide bonds. The molecule has 29 heavy (non-hydrogen) atoms. The summed E-state index contributed by atoms with van der Waals surface area (Å²) in [6, 6.07) is 10.3. The number of esters is 1. The van der Waals surface area contributed by atoms with E-state index in [0.29, 0.717) is 5.56 Å². The molecule has 0 aliphatic carbocycles. The number of carbonyl (C=O) groups is 2. The van der Waals surface area contributed by atoms with Crippen molar-refractivity contribution in [3.8, 4) is 11.5 Å². The van der Waals surface area contributed by atoms with E-state index in [4.69, 9.17) is 9.84 Å². The maximum Gasteiger partial charge on any atom is 0.456 e. The fourth-order valence-electron chi connectivity index (χ4n) is 1.92. The van der Waals surface area contributed by atoms with Crippen LogP contribution in [0.1, 0.15) is 15.9 Å². The van der Waals surface area contributed by atoms with Gasteiger partial charge in [-0.15, -0.1) is 0 Å². The van der Waals surface area contributed by atoms with Crippen LogP contribution in [0.3, 0.4) is 0 Å². The van der Waals surface area contributed by atoms with Crippen LogP contribution in [-0.4, -0.2) is 35.8 Å². The highest BCUT2D eigenvalue weighted by molar-refractivity contribution is 5.91. The molecule has 2 aromatic carbocycles. The maximum absolute atomic E-state index is 12.8. The largest absolute Gasteiger partial charge is 0.487 e. The molecule has 0 heterocycles. The Labute approximate surface area is 161 Å². The number of rotatable bonds is 7. The zero-order chi connectivity index (χ0) is 21.7. The molecule has 0 aliphatic rings. The fourth-order valence-corrected chi connectivity index (χ4v) is 1.92. The van der Waals surface area contributed by atoms with Gasteiger partial charge in [0.25, 0.3) is 0 Å². The van der Waals surface area contributed by atoms with E-state index in [0.717, 1.165) is 30.3 Å². The molecule has 0 atom stereocenters. The van der Waals surface area contributed by atoms with Gasteiger partial charge in [0, 0.05) is 6.08 Å². The molecule has 0 aromatic heterocycles. The minimum atomic E-state index is -5.73. The van der Waals surface area contributed by atoms with Gasteiger partial charge < -0.3 is 14.6 Å². The molecule has 5 nitrogen and oxygen atoms in total. The lowest BCUT2D eigenvalue weighted by Gasteiger charge is -2.19. The Morgan fingerprint density at radius 1 is 0.897 bits per heavy atom. The number of halogens is 5. The molecular weight excluding hydrogens is 403 g/mol. The van der Waals surface area contributed by atoms with Crippen molar-refractivity contribution in [3.05, 3.63) is 65.7 Å². The summed E-state index contributed by atoms with van der Waals surface area (Å²) in [6.45, 7) is -1.89. The van der Waals surface area contributed by atoms with E-state index in [2.05, 4.69) is 4.74 Å². The van der Waals surface area contributed by atoms with E-state index < -0.39 is 30.6 Å². The van der Waals surface area contributed by atoms with Crippen molar-refractivity contribution >= 4 is 18.0 Å². The number of ether oxygens (including phenoxy) is 2. The first kappa shape index (κ1) is 21.9. The van der Waals surface area contributed by atoms with Gasteiger partial charge in [-0.25, -0.2) is 9.59 Å². The van der Waals surface area contributed by atoms with Crippen molar-refractivity contribution in [3.63, 3.8) is 0 Å². The lowest BCUT2D eigenvalue weighted by Crippen LogP contribution is -2.41. The summed E-state index contributed by atoms with van der Waals surface area (Å²) in [7, 11) is 0. The molecule has 154 valence electrons. The van der Waals surface area contributed by atoms with E-state index in [1.807, 2.05) is 0 Å². The Morgan fingerprint density at radius 2 is 1.45 bits per heavy atom. The zero-order valence-electron chi connectivity index (χ0n) is 14.5. The van der Waals surface area contributed by atoms with Gasteiger partial charge in [-0.2, -0.15) is 22.0 Å². The number of carbonyl (C=O) groups excluding carboxylic acids is 1. The number of carboxylic acid groups (broad SMARTS) is 1. The number of carboxylic acids is 1. The van der Waals surface area contributed by atoms with Gasteiger partial charge in [-0.05, 0) is 48.0 Å². The molecular formula is C19H13F5O5. The van der Waals surface area contributed by atoms with E-state index in [9.17, 15) is 31.5 Å². The number of aliphatic carboxylic acids is 1. The van der Waals surface area contributed by atoms with Crippen LogP contribution in [0.4, 0.5) is 22.0 Å². The second-order valence-corrected chi connectivity index (χ2v) is 5.65. The molecule has 0 saturated carbocycles. The highest BCUT2D eigenvalue weighted by Gasteiger charge is 2.58. The van der Waals surface area contributed by atoms with Gasteiger partial charge in [0.05, 0.1) is 5.56 Å². The Hall–Kier alpha value is -3.43. The van der Waals surface area contributed by atoms with Gasteiger partial charge >= 0.3 is 24.0 Å². The van der Waals surface area contributed by atoms with Crippen LogP contribution >= 0.6 is 0 Å². The van der Waals surface area contributed by atoms with Crippen LogP contribution in [0, 0.1) is 0 Å². The van der Waals surface area contributed by atoms with Crippen LogP contribution in [0.5, 0.6) is 11.5 Å². The molecule has 0 unspecified atom stereocenters. The second-order valence-electron chi connectivity index (χ2n) is 5.65. The molecule has 2 aromatic rings. The Kier molecular flexibility index (Phi) is 6.57. The van der Waals surface area contributed by atoms with E-state index in [1.54, 1.807) is 0 Å². The summed E-state index contributed by atoms with van der Waals surface area (Å²) in [5.41, 5.74) is 0.569. The zero-order valence-corrected chi connectivity index (χ0v) is 14.5. The van der Waals surface area contributed by atoms with Gasteiger partial charge in [0.15, 0.2) is 6.61 Å². The van der Waals surface area contributed by atoms with E-state index >= 15 is 0 Å². The van der Waals surface area contributed by atoms with Crippen molar-refractivity contribution < 1.29 is 46.1 Å². The highest BCUT2D eigenvalue weighted by Crippen LogP contribution is 2.35. The molecule has 0 aliphatic heterocycles. The van der Waals surface area contributed by atoms with Gasteiger partial charge in [0.2, 0.25) is 0 Å². The number of hydrogen-bond donors (Lipinski definition) is 1. The van der Waals surface area contributed by atoms with E-state index in [1.165, 1.54) is 30.3 Å². The first-order valence-electron chi connectivity index (χ1n) is 7.88. The smallest absolute Gasteiger partial charge is 0.456 e. The summed E-state index contributed by atoms with van der Waals surface area (Å²) in [5.74, 6) is -7.04. The molecule has 0 spiro atoms. The van der Waals surface area contributed by atoms with Gasteiger partial charge in [0.1, 0.15) is 11.5 Å². The Morgan fingerprint density at radius 3 is 1.97 bits per heavy atom. The van der Waals surface area contributed by atoms with Crippen molar-refractivity contribution in [2.75, 3.05) is 6.61 Å². The van der Waals surface area contributed by atoms with Crippen molar-refractivity contribution in [2.45, 2.75) is 12.1 Å². The summed E-state index contributed by atoms with van der Waals surface area (Å²) in [6.07, 6.45) is -3.44. The SMILES string of the molecule is O=C(O)C=Cc1ccc(OC(=O)c2ccc(OCC(F)(F)C(F)(F)F)cc2)cc1. The minimum Gasteiger partial charge on any atom is -0.487 e. The molecule has 0 saturated heterocycles. The number of alkyl halides is 5. The van der Waals surface area contributed by atoms with Crippen LogP contribution in [0.2, 0.25) is 0 Å². The topological polar surface area (TPSA) is 72.8 Å². The molecule has 2 rings (SSSR count). The third-order valence-corrected chi connectivity index (χ3v) is 3.43. The summed E-state index contributed by atoms with van der Waals surface area (Å²) in [4.78, 5) is 22.5. The lowest BCUT2D eigenvalue weighted by atomic mass is 10.2. The molecule has 0 fully saturated rings.